The van der Waals surface area contributed by atoms with Crippen LogP contribution in [0.2, 0.25) is 5.02 Å². The Labute approximate surface area is 102 Å². The summed E-state index contributed by atoms with van der Waals surface area (Å²) in [5.74, 6) is 1.10. The molecule has 1 heterocycles. The average molecular weight is 240 g/mol. The standard InChI is InChI=1S/C13H18ClNO/c1-8(2)10-5-11(9-3-4-15-7-9)13(16)12(14)6-10/h5-6,8-9,15-16H,3-4,7H2,1-2H3. The van der Waals surface area contributed by atoms with Crippen LogP contribution in [0.25, 0.3) is 0 Å². The maximum Gasteiger partial charge on any atom is 0.137 e. The Morgan fingerprint density at radius 3 is 2.75 bits per heavy atom. The van der Waals surface area contributed by atoms with Crippen LogP contribution in [0.15, 0.2) is 12.1 Å². The molecule has 88 valence electrons. The molecule has 2 rings (SSSR count). The molecular weight excluding hydrogens is 222 g/mol. The van der Waals surface area contributed by atoms with Crippen LogP contribution in [-0.4, -0.2) is 18.2 Å². The van der Waals surface area contributed by atoms with E-state index in [-0.39, 0.29) is 5.75 Å². The number of phenolic OH excluding ortho intramolecular Hbond substituents is 1. The fourth-order valence-corrected chi connectivity index (χ4v) is 2.44. The van der Waals surface area contributed by atoms with E-state index in [4.69, 9.17) is 11.6 Å². The molecule has 0 saturated carbocycles. The summed E-state index contributed by atoms with van der Waals surface area (Å²) in [6.45, 7) is 6.23. The monoisotopic (exact) mass is 239 g/mol. The maximum atomic E-state index is 10.0. The van der Waals surface area contributed by atoms with E-state index < -0.39 is 0 Å². The van der Waals surface area contributed by atoms with E-state index in [0.29, 0.717) is 16.9 Å². The third-order valence-electron chi connectivity index (χ3n) is 3.28. The maximum absolute atomic E-state index is 10.0. The molecule has 1 aliphatic heterocycles. The SMILES string of the molecule is CC(C)c1cc(Cl)c(O)c(C2CCNC2)c1. The molecule has 1 unspecified atom stereocenters. The number of nitrogens with one attached hydrogen (secondary N) is 1. The van der Waals surface area contributed by atoms with Gasteiger partial charge in [-0.25, -0.2) is 0 Å². The highest BCUT2D eigenvalue weighted by Crippen LogP contribution is 2.37. The van der Waals surface area contributed by atoms with Crippen molar-refractivity contribution < 1.29 is 5.11 Å². The van der Waals surface area contributed by atoms with Crippen molar-refractivity contribution in [3.05, 3.63) is 28.3 Å². The van der Waals surface area contributed by atoms with Crippen molar-refractivity contribution in [2.75, 3.05) is 13.1 Å². The number of aromatic hydroxyl groups is 1. The quantitative estimate of drug-likeness (QED) is 0.831. The van der Waals surface area contributed by atoms with Crippen molar-refractivity contribution in [1.82, 2.24) is 5.32 Å². The third kappa shape index (κ3) is 2.18. The van der Waals surface area contributed by atoms with Crippen LogP contribution in [0.4, 0.5) is 0 Å². The minimum atomic E-state index is 0.264. The van der Waals surface area contributed by atoms with Crippen LogP contribution >= 0.6 is 11.6 Å². The Kier molecular flexibility index (Phi) is 3.41. The Morgan fingerprint density at radius 2 is 2.19 bits per heavy atom. The lowest BCUT2D eigenvalue weighted by Gasteiger charge is -2.16. The molecule has 2 N–H and O–H groups in total. The van der Waals surface area contributed by atoms with Crippen molar-refractivity contribution in [3.63, 3.8) is 0 Å². The average Bonchev–Trinajstić information content (AvgIpc) is 2.74. The molecule has 1 aliphatic rings. The molecule has 1 saturated heterocycles. The van der Waals surface area contributed by atoms with E-state index >= 15 is 0 Å². The molecule has 0 spiro atoms. The number of halogens is 1. The molecule has 0 aliphatic carbocycles. The predicted molar refractivity (Wildman–Crippen MR) is 67.4 cm³/mol. The van der Waals surface area contributed by atoms with Crippen LogP contribution in [-0.2, 0) is 0 Å². The van der Waals surface area contributed by atoms with Gasteiger partial charge in [0.1, 0.15) is 5.75 Å². The largest absolute Gasteiger partial charge is 0.506 e. The van der Waals surface area contributed by atoms with E-state index in [2.05, 4.69) is 25.2 Å². The van der Waals surface area contributed by atoms with Crippen molar-refractivity contribution in [2.24, 2.45) is 0 Å². The van der Waals surface area contributed by atoms with Crippen molar-refractivity contribution in [3.8, 4) is 5.75 Å². The van der Waals surface area contributed by atoms with E-state index in [1.807, 2.05) is 6.07 Å². The Hall–Kier alpha value is -0.730. The van der Waals surface area contributed by atoms with Crippen LogP contribution in [0.1, 0.15) is 43.2 Å². The number of hydrogen-bond acceptors (Lipinski definition) is 2. The van der Waals surface area contributed by atoms with Gasteiger partial charge in [-0.05, 0) is 30.5 Å². The first-order chi connectivity index (χ1) is 7.59. The van der Waals surface area contributed by atoms with Gasteiger partial charge < -0.3 is 10.4 Å². The fourth-order valence-electron chi connectivity index (χ4n) is 2.21. The molecule has 2 nitrogen and oxygen atoms in total. The second-order valence-electron chi connectivity index (χ2n) is 4.78. The molecular formula is C13H18ClNO. The van der Waals surface area contributed by atoms with Gasteiger partial charge in [-0.2, -0.15) is 0 Å². The van der Waals surface area contributed by atoms with Crippen LogP contribution in [0.5, 0.6) is 5.75 Å². The van der Waals surface area contributed by atoms with Gasteiger partial charge in [0, 0.05) is 18.0 Å². The molecule has 1 fully saturated rings. The van der Waals surface area contributed by atoms with Gasteiger partial charge in [0.15, 0.2) is 0 Å². The molecule has 0 amide bonds. The lowest BCUT2D eigenvalue weighted by atomic mass is 9.92. The number of benzene rings is 1. The molecule has 1 atom stereocenters. The number of rotatable bonds is 2. The van der Waals surface area contributed by atoms with Crippen LogP contribution in [0, 0.1) is 0 Å². The molecule has 16 heavy (non-hydrogen) atoms. The van der Waals surface area contributed by atoms with Gasteiger partial charge in [-0.15, -0.1) is 0 Å². The molecule has 1 aromatic carbocycles. The normalized spacial score (nSPS) is 20.6. The second-order valence-corrected chi connectivity index (χ2v) is 5.19. The first kappa shape index (κ1) is 11.7. The Bertz CT molecular complexity index is 384. The van der Waals surface area contributed by atoms with Crippen molar-refractivity contribution in [2.45, 2.75) is 32.1 Å². The molecule has 1 aromatic rings. The zero-order chi connectivity index (χ0) is 11.7. The summed E-state index contributed by atoms with van der Waals surface area (Å²) in [5.41, 5.74) is 2.20. The molecule has 0 radical (unpaired) electrons. The van der Waals surface area contributed by atoms with Gasteiger partial charge in [0.2, 0.25) is 0 Å². The van der Waals surface area contributed by atoms with Gasteiger partial charge in [0.25, 0.3) is 0 Å². The third-order valence-corrected chi connectivity index (χ3v) is 3.57. The van der Waals surface area contributed by atoms with Gasteiger partial charge in [-0.3, -0.25) is 0 Å². The summed E-state index contributed by atoms with van der Waals surface area (Å²) in [6, 6.07) is 3.97. The first-order valence-electron chi connectivity index (χ1n) is 5.82. The minimum Gasteiger partial charge on any atom is -0.506 e. The van der Waals surface area contributed by atoms with E-state index in [1.54, 1.807) is 0 Å². The van der Waals surface area contributed by atoms with Crippen molar-refractivity contribution >= 4 is 11.6 Å². The van der Waals surface area contributed by atoms with Crippen molar-refractivity contribution in [1.29, 1.82) is 0 Å². The van der Waals surface area contributed by atoms with Gasteiger partial charge >= 0.3 is 0 Å². The van der Waals surface area contributed by atoms with E-state index in [1.165, 1.54) is 5.56 Å². The molecule has 0 bridgehead atoms. The highest BCUT2D eigenvalue weighted by atomic mass is 35.5. The second kappa shape index (κ2) is 4.64. The summed E-state index contributed by atoms with van der Waals surface area (Å²) in [7, 11) is 0. The lowest BCUT2D eigenvalue weighted by Crippen LogP contribution is -2.08. The summed E-state index contributed by atoms with van der Waals surface area (Å²) in [4.78, 5) is 0. The summed E-state index contributed by atoms with van der Waals surface area (Å²) in [6.07, 6.45) is 1.07. The van der Waals surface area contributed by atoms with E-state index in [0.717, 1.165) is 25.1 Å². The fraction of sp³-hybridized carbons (Fsp3) is 0.538. The molecule has 0 aromatic heterocycles. The van der Waals surface area contributed by atoms with Gasteiger partial charge in [0.05, 0.1) is 5.02 Å². The highest BCUT2D eigenvalue weighted by molar-refractivity contribution is 6.32. The topological polar surface area (TPSA) is 32.3 Å². The summed E-state index contributed by atoms with van der Waals surface area (Å²) >= 11 is 6.07. The minimum absolute atomic E-state index is 0.264. The zero-order valence-electron chi connectivity index (χ0n) is 9.76. The Balaban J connectivity index is 2.41. The number of hydrogen-bond donors (Lipinski definition) is 2. The molecule has 3 heteroatoms. The number of phenols is 1. The smallest absolute Gasteiger partial charge is 0.137 e. The first-order valence-corrected chi connectivity index (χ1v) is 6.20. The highest BCUT2D eigenvalue weighted by Gasteiger charge is 2.22. The van der Waals surface area contributed by atoms with Crippen LogP contribution in [0.3, 0.4) is 0 Å². The lowest BCUT2D eigenvalue weighted by molar-refractivity contribution is 0.462. The zero-order valence-corrected chi connectivity index (χ0v) is 10.5. The van der Waals surface area contributed by atoms with Gasteiger partial charge in [-0.1, -0.05) is 31.5 Å². The predicted octanol–water partition coefficient (Wildman–Crippen LogP) is 3.25. The Morgan fingerprint density at radius 1 is 1.44 bits per heavy atom. The van der Waals surface area contributed by atoms with Crippen LogP contribution < -0.4 is 5.32 Å². The summed E-state index contributed by atoms with van der Waals surface area (Å²) in [5, 5.41) is 13.8. The van der Waals surface area contributed by atoms with E-state index in [9.17, 15) is 5.11 Å². The summed E-state index contributed by atoms with van der Waals surface area (Å²) < 4.78 is 0.